The molecule has 3 heterocycles. The highest BCUT2D eigenvalue weighted by Crippen LogP contribution is 2.46. The quantitative estimate of drug-likeness (QED) is 0.420. The summed E-state index contributed by atoms with van der Waals surface area (Å²) in [5, 5.41) is 23.5. The van der Waals surface area contributed by atoms with Gasteiger partial charge in [0.2, 0.25) is 5.69 Å². The molecule has 1 spiro atoms. The Kier molecular flexibility index (Phi) is 5.45. The number of para-hydroxylation sites is 3. The van der Waals surface area contributed by atoms with Crippen molar-refractivity contribution in [1.82, 2.24) is 0 Å². The van der Waals surface area contributed by atoms with Gasteiger partial charge in [-0.3, -0.25) is 4.79 Å². The number of hydrogen-bond acceptors (Lipinski definition) is 8. The van der Waals surface area contributed by atoms with Crippen molar-refractivity contribution < 1.29 is 29.0 Å². The van der Waals surface area contributed by atoms with Crippen molar-refractivity contribution >= 4 is 40.3 Å². The minimum absolute atomic E-state index is 0.115. The lowest BCUT2D eigenvalue weighted by molar-refractivity contribution is -0.557. The molecule has 3 aromatic rings. The van der Waals surface area contributed by atoms with E-state index in [9.17, 15) is 14.7 Å². The third kappa shape index (κ3) is 3.73. The van der Waals surface area contributed by atoms with Crippen molar-refractivity contribution in [3.05, 3.63) is 83.9 Å². The van der Waals surface area contributed by atoms with Crippen molar-refractivity contribution in [1.29, 1.82) is 0 Å². The van der Waals surface area contributed by atoms with Crippen LogP contribution in [0.25, 0.3) is 0 Å². The number of amides is 1. The average Bonchev–Trinajstić information content (AvgIpc) is 3.35. The zero-order valence-corrected chi connectivity index (χ0v) is 19.9. The fourth-order valence-electron chi connectivity index (χ4n) is 4.99. The molecule has 0 fully saturated rings. The summed E-state index contributed by atoms with van der Waals surface area (Å²) in [6.45, 7) is 2.01. The van der Waals surface area contributed by atoms with Crippen LogP contribution < -0.4 is 15.7 Å². The van der Waals surface area contributed by atoms with Gasteiger partial charge in [-0.15, -0.1) is 0 Å². The molecule has 10 nitrogen and oxygen atoms in total. The van der Waals surface area contributed by atoms with Crippen LogP contribution in [0, 0.1) is 0 Å². The molecule has 186 valence electrons. The second-order valence-corrected chi connectivity index (χ2v) is 8.94. The number of rotatable bonds is 4. The van der Waals surface area contributed by atoms with Crippen LogP contribution in [0.1, 0.15) is 29.3 Å². The van der Waals surface area contributed by atoms with Gasteiger partial charge in [0.15, 0.2) is 10.8 Å². The molecule has 3 atom stereocenters. The molecule has 0 saturated carbocycles. The SMILES string of the molecule is CCOC(=O)c1ccc([N+]2=NOC([O-])C2C2=Nc3ccccc3NC3(C2)C(=O)Nc2ccccc23)cc1. The van der Waals surface area contributed by atoms with Crippen LogP contribution in [0.15, 0.2) is 83.1 Å². The maximum Gasteiger partial charge on any atom is 0.338 e. The lowest BCUT2D eigenvalue weighted by Crippen LogP contribution is -2.50. The van der Waals surface area contributed by atoms with Crippen LogP contribution in [0.5, 0.6) is 0 Å². The smallest absolute Gasteiger partial charge is 0.338 e. The zero-order valence-electron chi connectivity index (χ0n) is 19.9. The normalized spacial score (nSPS) is 23.6. The van der Waals surface area contributed by atoms with Gasteiger partial charge in [-0.1, -0.05) is 30.3 Å². The van der Waals surface area contributed by atoms with Crippen molar-refractivity contribution in [3.8, 4) is 0 Å². The second-order valence-electron chi connectivity index (χ2n) is 8.94. The molecule has 3 unspecified atom stereocenters. The molecule has 3 aromatic carbocycles. The molecule has 6 rings (SSSR count). The molecule has 0 bridgehead atoms. The molecule has 0 saturated heterocycles. The summed E-state index contributed by atoms with van der Waals surface area (Å²) in [6.07, 6.45) is -1.46. The highest BCUT2D eigenvalue weighted by molar-refractivity contribution is 6.12. The Morgan fingerprint density at radius 1 is 1.11 bits per heavy atom. The highest BCUT2D eigenvalue weighted by atomic mass is 16.7. The molecule has 0 aliphatic carbocycles. The topological polar surface area (TPSA) is 127 Å². The first kappa shape index (κ1) is 22.9. The summed E-state index contributed by atoms with van der Waals surface area (Å²) in [5.74, 6) is -0.674. The molecule has 1 amide bonds. The van der Waals surface area contributed by atoms with Gasteiger partial charge in [0.05, 0.1) is 29.3 Å². The summed E-state index contributed by atoms with van der Waals surface area (Å²) >= 11 is 0. The van der Waals surface area contributed by atoms with Gasteiger partial charge < -0.3 is 25.3 Å². The first-order valence-corrected chi connectivity index (χ1v) is 11.9. The van der Waals surface area contributed by atoms with Gasteiger partial charge in [0, 0.05) is 29.8 Å². The number of carbonyl (C=O) groups excluding carboxylic acids is 2. The van der Waals surface area contributed by atoms with Gasteiger partial charge in [-0.25, -0.2) is 9.79 Å². The van der Waals surface area contributed by atoms with Crippen LogP contribution >= 0.6 is 0 Å². The molecule has 3 aliphatic heterocycles. The van der Waals surface area contributed by atoms with E-state index in [4.69, 9.17) is 14.6 Å². The van der Waals surface area contributed by atoms with Crippen LogP contribution in [0.4, 0.5) is 22.7 Å². The highest BCUT2D eigenvalue weighted by Gasteiger charge is 2.52. The number of anilines is 2. The summed E-state index contributed by atoms with van der Waals surface area (Å²) in [4.78, 5) is 35.6. The number of nitrogens with one attached hydrogen (secondary N) is 2. The van der Waals surface area contributed by atoms with E-state index in [-0.39, 0.29) is 18.9 Å². The van der Waals surface area contributed by atoms with E-state index in [0.717, 1.165) is 5.56 Å². The lowest BCUT2D eigenvalue weighted by Gasteiger charge is -2.30. The molecular weight excluding hydrogens is 474 g/mol. The van der Waals surface area contributed by atoms with Crippen LogP contribution in [-0.4, -0.2) is 41.2 Å². The Morgan fingerprint density at radius 3 is 2.62 bits per heavy atom. The van der Waals surface area contributed by atoms with E-state index < -0.39 is 23.8 Å². The van der Waals surface area contributed by atoms with Crippen molar-refractivity contribution in [2.45, 2.75) is 31.2 Å². The molecule has 2 N–H and O–H groups in total. The third-order valence-electron chi connectivity index (χ3n) is 6.73. The fourth-order valence-corrected chi connectivity index (χ4v) is 4.99. The predicted molar refractivity (Wildman–Crippen MR) is 132 cm³/mol. The maximum absolute atomic E-state index is 13.5. The standard InChI is InChI=1S/C27H23N5O5/c1-2-36-24(33)16-11-13-17(14-12-16)32-23(25(34)37-31-32)22-15-27(30-21-10-6-5-9-20(21)28-22)18-7-3-4-8-19(18)29-26(27)35/h3-14,23,25,30H,2,15H2,1H3,(H,29,35). The third-order valence-corrected chi connectivity index (χ3v) is 6.73. The minimum atomic E-state index is -1.58. The molecule has 37 heavy (non-hydrogen) atoms. The molecule has 0 radical (unpaired) electrons. The van der Waals surface area contributed by atoms with Gasteiger partial charge in [-0.2, -0.15) is 0 Å². The zero-order chi connectivity index (χ0) is 25.6. The number of benzene rings is 3. The van der Waals surface area contributed by atoms with E-state index >= 15 is 0 Å². The number of aliphatic imine (C=N–C) groups is 1. The summed E-state index contributed by atoms with van der Waals surface area (Å²) in [6, 6.07) is 20.5. The van der Waals surface area contributed by atoms with Crippen molar-refractivity contribution in [2.75, 3.05) is 17.2 Å². The van der Waals surface area contributed by atoms with Gasteiger partial charge >= 0.3 is 5.97 Å². The summed E-state index contributed by atoms with van der Waals surface area (Å²) in [5.41, 5.74) is 2.93. The number of ether oxygens (including phenoxy) is 1. The molecule has 10 heteroatoms. The number of carbonyl (C=O) groups is 2. The predicted octanol–water partition coefficient (Wildman–Crippen LogP) is 3.40. The maximum atomic E-state index is 13.5. The van der Waals surface area contributed by atoms with Gasteiger partial charge in [0.1, 0.15) is 6.29 Å². The van der Waals surface area contributed by atoms with Crippen LogP contribution in [-0.2, 0) is 19.9 Å². The van der Waals surface area contributed by atoms with Gasteiger partial charge in [-0.05, 0) is 42.0 Å². The van der Waals surface area contributed by atoms with E-state index in [2.05, 4.69) is 15.9 Å². The molecular formula is C27H23N5O5. The Hall–Kier alpha value is -4.57. The Balaban J connectivity index is 1.43. The first-order valence-electron chi connectivity index (χ1n) is 11.9. The van der Waals surface area contributed by atoms with Crippen LogP contribution in [0.2, 0.25) is 0 Å². The van der Waals surface area contributed by atoms with Crippen LogP contribution in [0.3, 0.4) is 0 Å². The second kappa shape index (κ2) is 8.82. The Bertz CT molecular complexity index is 1470. The summed E-state index contributed by atoms with van der Waals surface area (Å²) < 4.78 is 6.50. The number of hydrogen-bond donors (Lipinski definition) is 2. The van der Waals surface area contributed by atoms with E-state index in [1.54, 1.807) is 31.2 Å². The fraction of sp³-hybridized carbons (Fsp3) is 0.222. The minimum Gasteiger partial charge on any atom is -0.814 e. The van der Waals surface area contributed by atoms with Gasteiger partial charge in [0.25, 0.3) is 11.9 Å². The van der Waals surface area contributed by atoms with E-state index in [1.165, 1.54) is 4.70 Å². The van der Waals surface area contributed by atoms with Crippen molar-refractivity contribution in [3.63, 3.8) is 0 Å². The lowest BCUT2D eigenvalue weighted by atomic mass is 9.84. The van der Waals surface area contributed by atoms with Crippen molar-refractivity contribution in [2.24, 2.45) is 10.3 Å². The largest absolute Gasteiger partial charge is 0.814 e. The monoisotopic (exact) mass is 497 g/mol. The Labute approximate surface area is 212 Å². The number of esters is 1. The molecule has 3 aliphatic rings. The van der Waals surface area contributed by atoms with E-state index in [1.807, 2.05) is 48.5 Å². The first-order chi connectivity index (χ1) is 18.0. The molecule has 0 aromatic heterocycles. The average molecular weight is 498 g/mol. The number of fused-ring (bicyclic) bond motifs is 3. The van der Waals surface area contributed by atoms with E-state index in [0.29, 0.717) is 34.0 Å². The number of nitrogens with zero attached hydrogens (tertiary/aromatic N) is 3. The summed E-state index contributed by atoms with van der Waals surface area (Å²) in [7, 11) is 0. The Morgan fingerprint density at radius 2 is 1.84 bits per heavy atom.